The minimum atomic E-state index is -0.820. The van der Waals surface area contributed by atoms with E-state index in [0.29, 0.717) is 16.6 Å². The zero-order valence-corrected chi connectivity index (χ0v) is 18.2. The molecule has 6 rings (SSSR count). The first-order chi connectivity index (χ1) is 14.2. The van der Waals surface area contributed by atoms with Gasteiger partial charge in [0.25, 0.3) is 0 Å². The second-order valence-corrected chi connectivity index (χ2v) is 9.98. The SMILES string of the molecule is C[C@@H]1CC[C@@H]2[C@]34OO[C@@](C)(CCC13)O[C@H]4O[C@]2(C)CC(=O)ONc1ccc(Cl)cc1. The number of hydrogen-bond donors (Lipinski definition) is 1. The van der Waals surface area contributed by atoms with Crippen LogP contribution in [-0.4, -0.2) is 29.2 Å². The lowest BCUT2D eigenvalue weighted by Crippen LogP contribution is -2.61. The minimum Gasteiger partial charge on any atom is -0.343 e. The average Bonchev–Trinajstić information content (AvgIpc) is 2.79. The first-order valence-corrected chi connectivity index (χ1v) is 11.1. The first-order valence-electron chi connectivity index (χ1n) is 10.7. The van der Waals surface area contributed by atoms with Crippen molar-refractivity contribution in [2.75, 3.05) is 5.48 Å². The molecule has 1 saturated carbocycles. The Bertz CT molecular complexity index is 835. The number of ether oxygens (including phenoxy) is 2. The van der Waals surface area contributed by atoms with Crippen molar-refractivity contribution in [1.29, 1.82) is 0 Å². The maximum atomic E-state index is 12.7. The summed E-state index contributed by atoms with van der Waals surface area (Å²) >= 11 is 5.89. The Morgan fingerprint density at radius 2 is 1.93 bits per heavy atom. The summed E-state index contributed by atoms with van der Waals surface area (Å²) in [5.74, 6) is -0.519. The van der Waals surface area contributed by atoms with Gasteiger partial charge >= 0.3 is 5.97 Å². The van der Waals surface area contributed by atoms with E-state index in [2.05, 4.69) is 12.4 Å². The summed E-state index contributed by atoms with van der Waals surface area (Å²) < 4.78 is 12.7. The fourth-order valence-corrected chi connectivity index (χ4v) is 6.06. The van der Waals surface area contributed by atoms with Gasteiger partial charge in [-0.2, -0.15) is 0 Å². The highest BCUT2D eigenvalue weighted by molar-refractivity contribution is 6.30. The second kappa shape index (κ2) is 7.07. The van der Waals surface area contributed by atoms with Gasteiger partial charge in [0.2, 0.25) is 5.79 Å². The van der Waals surface area contributed by atoms with E-state index in [0.717, 1.165) is 25.7 Å². The quantitative estimate of drug-likeness (QED) is 0.544. The predicted molar refractivity (Wildman–Crippen MR) is 108 cm³/mol. The molecule has 1 N–H and O–H groups in total. The molecule has 5 fully saturated rings. The first kappa shape index (κ1) is 20.5. The van der Waals surface area contributed by atoms with Gasteiger partial charge in [-0.15, -0.1) is 0 Å². The molecule has 0 radical (unpaired) electrons. The van der Waals surface area contributed by atoms with Crippen LogP contribution in [0, 0.1) is 17.8 Å². The summed E-state index contributed by atoms with van der Waals surface area (Å²) in [6, 6.07) is 6.93. The van der Waals surface area contributed by atoms with E-state index in [-0.39, 0.29) is 18.3 Å². The van der Waals surface area contributed by atoms with Crippen LogP contribution in [0.4, 0.5) is 5.69 Å². The molecule has 164 valence electrons. The molecule has 4 heterocycles. The van der Waals surface area contributed by atoms with E-state index < -0.39 is 29.2 Å². The van der Waals surface area contributed by atoms with Gasteiger partial charge in [0.15, 0.2) is 11.9 Å². The maximum Gasteiger partial charge on any atom is 0.334 e. The van der Waals surface area contributed by atoms with Crippen LogP contribution in [0.2, 0.25) is 5.02 Å². The lowest BCUT2D eigenvalue weighted by Gasteiger charge is -2.50. The molecule has 1 spiro atoms. The third-order valence-corrected chi connectivity index (χ3v) is 7.71. The van der Waals surface area contributed by atoms with Gasteiger partial charge in [-0.3, -0.25) is 0 Å². The van der Waals surface area contributed by atoms with Crippen molar-refractivity contribution >= 4 is 23.3 Å². The van der Waals surface area contributed by atoms with Crippen LogP contribution < -0.4 is 5.48 Å². The Hall–Kier alpha value is -1.38. The molecule has 1 unspecified atom stereocenters. The smallest absolute Gasteiger partial charge is 0.334 e. The number of anilines is 1. The zero-order valence-electron chi connectivity index (χ0n) is 17.5. The number of rotatable bonds is 4. The number of carbonyl (C=O) groups excluding carboxylic acids is 1. The molecule has 7 nitrogen and oxygen atoms in total. The third kappa shape index (κ3) is 3.14. The van der Waals surface area contributed by atoms with Gasteiger partial charge in [-0.05, 0) is 69.2 Å². The van der Waals surface area contributed by atoms with Gasteiger partial charge < -0.3 is 14.3 Å². The molecule has 1 aromatic rings. The van der Waals surface area contributed by atoms with E-state index in [9.17, 15) is 4.79 Å². The molecule has 5 aliphatic rings. The van der Waals surface area contributed by atoms with Crippen molar-refractivity contribution in [3.8, 4) is 0 Å². The molecule has 4 aliphatic heterocycles. The van der Waals surface area contributed by atoms with Crippen molar-refractivity contribution in [3.63, 3.8) is 0 Å². The van der Waals surface area contributed by atoms with Gasteiger partial charge in [0.1, 0.15) is 0 Å². The fraction of sp³-hybridized carbons (Fsp3) is 0.682. The number of benzene rings is 1. The molecule has 8 heteroatoms. The van der Waals surface area contributed by atoms with E-state index in [4.69, 9.17) is 35.7 Å². The van der Waals surface area contributed by atoms with Gasteiger partial charge in [-0.25, -0.2) is 20.0 Å². The Morgan fingerprint density at radius 1 is 1.17 bits per heavy atom. The fourth-order valence-electron chi connectivity index (χ4n) is 5.93. The zero-order chi connectivity index (χ0) is 21.1. The normalized spacial score (nSPS) is 44.3. The van der Waals surface area contributed by atoms with Crippen molar-refractivity contribution < 1.29 is 28.9 Å². The van der Waals surface area contributed by atoms with Gasteiger partial charge in [-0.1, -0.05) is 18.5 Å². The predicted octanol–water partition coefficient (Wildman–Crippen LogP) is 4.60. The van der Waals surface area contributed by atoms with Crippen molar-refractivity contribution in [3.05, 3.63) is 29.3 Å². The number of carbonyl (C=O) groups is 1. The van der Waals surface area contributed by atoms with Gasteiger partial charge in [0.05, 0.1) is 17.7 Å². The Kier molecular flexibility index (Phi) is 4.83. The number of halogens is 1. The topological polar surface area (TPSA) is 75.2 Å². The lowest BCUT2D eigenvalue weighted by molar-refractivity contribution is -0.541. The molecule has 1 aromatic carbocycles. The summed E-state index contributed by atoms with van der Waals surface area (Å²) in [6.45, 7) is 6.11. The summed E-state index contributed by atoms with van der Waals surface area (Å²) in [5, 5.41) is 0.614. The molecule has 2 bridgehead atoms. The molecule has 7 atom stereocenters. The molecule has 30 heavy (non-hydrogen) atoms. The van der Waals surface area contributed by atoms with Crippen molar-refractivity contribution in [2.45, 2.75) is 76.2 Å². The second-order valence-electron chi connectivity index (χ2n) is 9.55. The van der Waals surface area contributed by atoms with Crippen LogP contribution in [0.25, 0.3) is 0 Å². The van der Waals surface area contributed by atoms with E-state index in [1.807, 2.05) is 13.8 Å². The maximum absolute atomic E-state index is 12.7. The highest BCUT2D eigenvalue weighted by Crippen LogP contribution is 2.63. The Morgan fingerprint density at radius 3 is 2.70 bits per heavy atom. The Balaban J connectivity index is 1.35. The van der Waals surface area contributed by atoms with Crippen LogP contribution in [0.15, 0.2) is 24.3 Å². The summed E-state index contributed by atoms with van der Waals surface area (Å²) in [4.78, 5) is 29.9. The molecule has 1 aliphatic carbocycles. The van der Waals surface area contributed by atoms with E-state index in [1.165, 1.54) is 0 Å². The highest BCUT2D eigenvalue weighted by Gasteiger charge is 2.74. The number of nitrogens with one attached hydrogen (secondary N) is 1. The number of fused-ring (bicyclic) bond motifs is 2. The molecule has 0 amide bonds. The molecule has 4 saturated heterocycles. The van der Waals surface area contributed by atoms with Crippen LogP contribution in [0.1, 0.15) is 52.9 Å². The van der Waals surface area contributed by atoms with Gasteiger partial charge in [0, 0.05) is 17.4 Å². The monoisotopic (exact) mass is 437 g/mol. The van der Waals surface area contributed by atoms with Crippen LogP contribution >= 0.6 is 11.6 Å². The van der Waals surface area contributed by atoms with Crippen LogP contribution in [-0.2, 0) is 28.9 Å². The van der Waals surface area contributed by atoms with Crippen LogP contribution in [0.3, 0.4) is 0 Å². The largest absolute Gasteiger partial charge is 0.343 e. The third-order valence-electron chi connectivity index (χ3n) is 7.45. The average molecular weight is 438 g/mol. The van der Waals surface area contributed by atoms with Crippen LogP contribution in [0.5, 0.6) is 0 Å². The Labute approximate surface area is 181 Å². The highest BCUT2D eigenvalue weighted by atomic mass is 35.5. The van der Waals surface area contributed by atoms with E-state index in [1.54, 1.807) is 24.3 Å². The van der Waals surface area contributed by atoms with Crippen molar-refractivity contribution in [1.82, 2.24) is 0 Å². The summed E-state index contributed by atoms with van der Waals surface area (Å²) in [7, 11) is 0. The molecular weight excluding hydrogens is 410 g/mol. The lowest BCUT2D eigenvalue weighted by atomic mass is 9.59. The summed E-state index contributed by atoms with van der Waals surface area (Å²) in [5.41, 5.74) is 1.87. The summed E-state index contributed by atoms with van der Waals surface area (Å²) in [6.07, 6.45) is 3.18. The van der Waals surface area contributed by atoms with E-state index >= 15 is 0 Å². The standard InChI is InChI=1S/C22H28ClNO6/c1-13-4-9-17-20(2,12-18(25)28-24-15-7-5-14(23)6-8-15)26-19-22(17)16(13)10-11-21(3,27-19)29-30-22/h5-8,13,16-17,19,24H,4,9-12H2,1-3H3/t13-,16?,17+,19-,20-,21+,22-/m1/s1. The molecule has 0 aromatic heterocycles. The molecular formula is C22H28ClNO6. The number of hydrogen-bond acceptors (Lipinski definition) is 7. The van der Waals surface area contributed by atoms with Crippen molar-refractivity contribution in [2.24, 2.45) is 17.8 Å². The minimum absolute atomic E-state index is 0.0260.